The third kappa shape index (κ3) is 0.356. The summed E-state index contributed by atoms with van der Waals surface area (Å²) in [7, 11) is 0. The Morgan fingerprint density at radius 2 is 2.29 bits per heavy atom. The van der Waals surface area contributed by atoms with Gasteiger partial charge in [-0.3, -0.25) is 0 Å². The van der Waals surface area contributed by atoms with Crippen LogP contribution in [0.2, 0.25) is 0 Å². The Kier molecular flexibility index (Phi) is 0.484. The molecule has 34 valence electrons. The van der Waals surface area contributed by atoms with E-state index in [9.17, 15) is 0 Å². The van der Waals surface area contributed by atoms with Crippen LogP contribution in [0.5, 0.6) is 0 Å². The first-order valence-electron chi connectivity index (χ1n) is 2.22. The second-order valence-corrected chi connectivity index (χ2v) is 2.56. The molecule has 0 aliphatic heterocycles. The van der Waals surface area contributed by atoms with E-state index in [-0.39, 0.29) is 0 Å². The predicted molar refractivity (Wildman–Crippen MR) is 33.2 cm³/mol. The molecule has 1 aliphatic carbocycles. The fourth-order valence-electron chi connectivity index (χ4n) is 0.722. The SMILES string of the molecule is C1=Cc2cc1cs2. The van der Waals surface area contributed by atoms with Crippen molar-refractivity contribution in [2.45, 2.75) is 0 Å². The summed E-state index contributed by atoms with van der Waals surface area (Å²) in [5.41, 5.74) is 1.36. The van der Waals surface area contributed by atoms with E-state index >= 15 is 0 Å². The van der Waals surface area contributed by atoms with Crippen LogP contribution in [0.3, 0.4) is 0 Å². The van der Waals surface area contributed by atoms with Gasteiger partial charge in [-0.15, -0.1) is 11.3 Å². The van der Waals surface area contributed by atoms with Crippen LogP contribution in [0, 0.1) is 0 Å². The van der Waals surface area contributed by atoms with Crippen LogP contribution >= 0.6 is 11.3 Å². The lowest BCUT2D eigenvalue weighted by Crippen LogP contribution is -1.48. The lowest BCUT2D eigenvalue weighted by Gasteiger charge is -1.76. The molecule has 1 heterocycles. The van der Waals surface area contributed by atoms with Gasteiger partial charge in [0.1, 0.15) is 0 Å². The molecule has 0 saturated heterocycles. The highest BCUT2D eigenvalue weighted by molar-refractivity contribution is 7.11. The molecule has 0 fully saturated rings. The third-order valence-electron chi connectivity index (χ3n) is 1.08. The second kappa shape index (κ2) is 0.984. The van der Waals surface area contributed by atoms with Crippen LogP contribution in [0.25, 0.3) is 12.2 Å². The molecule has 0 nitrogen and oxygen atoms in total. The van der Waals surface area contributed by atoms with Gasteiger partial charge >= 0.3 is 0 Å². The molecule has 1 aliphatic rings. The second-order valence-electron chi connectivity index (χ2n) is 1.62. The minimum absolute atomic E-state index is 1.36. The topological polar surface area (TPSA) is 0 Å². The molecule has 7 heavy (non-hydrogen) atoms. The molecule has 2 bridgehead atoms. The molecule has 0 atom stereocenters. The van der Waals surface area contributed by atoms with E-state index in [2.05, 4.69) is 23.6 Å². The van der Waals surface area contributed by atoms with E-state index in [0.29, 0.717) is 0 Å². The Morgan fingerprint density at radius 1 is 1.29 bits per heavy atom. The molecule has 2 rings (SSSR count). The van der Waals surface area contributed by atoms with Crippen LogP contribution < -0.4 is 0 Å². The van der Waals surface area contributed by atoms with Gasteiger partial charge in [0, 0.05) is 4.88 Å². The molecule has 0 unspecified atom stereocenters. The summed E-state index contributed by atoms with van der Waals surface area (Å²) in [4.78, 5) is 1.38. The zero-order chi connectivity index (χ0) is 4.69. The summed E-state index contributed by atoms with van der Waals surface area (Å²) in [6, 6.07) is 2.19. The first-order chi connectivity index (χ1) is 3.45. The van der Waals surface area contributed by atoms with E-state index in [4.69, 9.17) is 0 Å². The van der Waals surface area contributed by atoms with Gasteiger partial charge in [0.2, 0.25) is 0 Å². The zero-order valence-electron chi connectivity index (χ0n) is 3.72. The molecule has 0 radical (unpaired) electrons. The van der Waals surface area contributed by atoms with E-state index in [0.717, 1.165) is 0 Å². The fraction of sp³-hybridized carbons (Fsp3) is 0. The first-order valence-corrected chi connectivity index (χ1v) is 3.10. The average molecular weight is 108 g/mol. The van der Waals surface area contributed by atoms with Crippen LogP contribution in [0.15, 0.2) is 11.4 Å². The Bertz CT molecular complexity index is 187. The Morgan fingerprint density at radius 3 is 2.43 bits per heavy atom. The Balaban J connectivity index is 2.89. The Hall–Kier alpha value is -0.560. The quantitative estimate of drug-likeness (QED) is 0.485. The Labute approximate surface area is 46.1 Å². The van der Waals surface area contributed by atoms with E-state index in [1.165, 1.54) is 10.4 Å². The number of thiophene rings is 1. The van der Waals surface area contributed by atoms with Gasteiger partial charge in [0.15, 0.2) is 0 Å². The monoisotopic (exact) mass is 108 g/mol. The molecular weight excluding hydrogens is 104 g/mol. The largest absolute Gasteiger partial charge is 0.144 e. The molecule has 0 N–H and O–H groups in total. The fourth-order valence-corrected chi connectivity index (χ4v) is 1.49. The van der Waals surface area contributed by atoms with Crippen molar-refractivity contribution < 1.29 is 0 Å². The third-order valence-corrected chi connectivity index (χ3v) is 2.00. The maximum atomic E-state index is 2.19. The predicted octanol–water partition coefficient (Wildman–Crippen LogP) is 2.23. The van der Waals surface area contributed by atoms with Crippen molar-refractivity contribution in [2.75, 3.05) is 0 Å². The van der Waals surface area contributed by atoms with Gasteiger partial charge in [-0.05, 0) is 23.1 Å². The number of hydrogen-bond acceptors (Lipinski definition) is 1. The maximum absolute atomic E-state index is 2.19. The lowest BCUT2D eigenvalue weighted by atomic mass is 10.4. The summed E-state index contributed by atoms with van der Waals surface area (Å²) in [5.74, 6) is 0. The van der Waals surface area contributed by atoms with E-state index in [1.807, 2.05) is 0 Å². The number of rotatable bonds is 0. The van der Waals surface area contributed by atoms with Crippen molar-refractivity contribution in [3.05, 3.63) is 21.9 Å². The highest BCUT2D eigenvalue weighted by Gasteiger charge is 1.98. The van der Waals surface area contributed by atoms with Gasteiger partial charge < -0.3 is 0 Å². The molecule has 1 heteroatoms. The highest BCUT2D eigenvalue weighted by atomic mass is 32.1. The molecule has 0 amide bonds. The maximum Gasteiger partial charge on any atom is 0.0276 e. The smallest absolute Gasteiger partial charge is 0.0276 e. The van der Waals surface area contributed by atoms with E-state index in [1.54, 1.807) is 11.3 Å². The summed E-state index contributed by atoms with van der Waals surface area (Å²) >= 11 is 1.80. The lowest BCUT2D eigenvalue weighted by molar-refractivity contribution is 1.93. The van der Waals surface area contributed by atoms with Crippen LogP contribution in [0.1, 0.15) is 10.4 Å². The minimum Gasteiger partial charge on any atom is -0.144 e. The van der Waals surface area contributed by atoms with E-state index < -0.39 is 0 Å². The number of fused-ring (bicyclic) bond motifs is 2. The normalized spacial score (nSPS) is 13.1. The first kappa shape index (κ1) is 3.44. The molecule has 0 aromatic carbocycles. The molecule has 0 saturated carbocycles. The van der Waals surface area contributed by atoms with Gasteiger partial charge in [-0.2, -0.15) is 0 Å². The zero-order valence-corrected chi connectivity index (χ0v) is 4.53. The van der Waals surface area contributed by atoms with Gasteiger partial charge in [-0.1, -0.05) is 6.08 Å². The van der Waals surface area contributed by atoms with Crippen LogP contribution in [-0.2, 0) is 0 Å². The number of hydrogen-bond donors (Lipinski definition) is 0. The van der Waals surface area contributed by atoms with Crippen molar-refractivity contribution in [3.63, 3.8) is 0 Å². The van der Waals surface area contributed by atoms with Gasteiger partial charge in [-0.25, -0.2) is 0 Å². The summed E-state index contributed by atoms with van der Waals surface area (Å²) in [6.07, 6.45) is 4.27. The van der Waals surface area contributed by atoms with Crippen molar-refractivity contribution in [2.24, 2.45) is 0 Å². The summed E-state index contributed by atoms with van der Waals surface area (Å²) in [5, 5.41) is 2.16. The van der Waals surface area contributed by atoms with Crippen LogP contribution in [-0.4, -0.2) is 0 Å². The van der Waals surface area contributed by atoms with Gasteiger partial charge in [0.05, 0.1) is 0 Å². The van der Waals surface area contributed by atoms with Crippen molar-refractivity contribution in [3.8, 4) is 0 Å². The highest BCUT2D eigenvalue weighted by Crippen LogP contribution is 2.24. The molecule has 1 aromatic heterocycles. The summed E-state index contributed by atoms with van der Waals surface area (Å²) in [6.45, 7) is 0. The molecule has 0 spiro atoms. The van der Waals surface area contributed by atoms with Crippen molar-refractivity contribution in [1.29, 1.82) is 0 Å². The van der Waals surface area contributed by atoms with Crippen molar-refractivity contribution >= 4 is 23.5 Å². The average Bonchev–Trinajstić information content (AvgIpc) is 2.22. The minimum atomic E-state index is 1.36. The van der Waals surface area contributed by atoms with Gasteiger partial charge in [0.25, 0.3) is 0 Å². The molecular formula is C6H4S. The van der Waals surface area contributed by atoms with Crippen LogP contribution in [0.4, 0.5) is 0 Å². The van der Waals surface area contributed by atoms with Crippen molar-refractivity contribution in [1.82, 2.24) is 0 Å². The molecule has 1 aromatic rings. The standard InChI is InChI=1S/C6H4S/c1-2-6-3-5(1)4-7-6/h1-4H. The summed E-state index contributed by atoms with van der Waals surface area (Å²) < 4.78 is 0.